The maximum atomic E-state index is 13.9. The van der Waals surface area contributed by atoms with Gasteiger partial charge in [0.15, 0.2) is 11.5 Å². The van der Waals surface area contributed by atoms with Gasteiger partial charge in [0.1, 0.15) is 6.54 Å². The maximum Gasteiger partial charge on any atom is 0.322 e. The largest absolute Gasteiger partial charge is 0.454 e. The first kappa shape index (κ1) is 27.9. The van der Waals surface area contributed by atoms with Crippen LogP contribution in [0, 0.1) is 13.8 Å². The number of ether oxygens (including phenoxy) is 3. The van der Waals surface area contributed by atoms with Crippen LogP contribution in [0.15, 0.2) is 53.9 Å². The fraction of sp³-hybridized carbons (Fsp3) is 0.400. The minimum absolute atomic E-state index is 0.0307. The van der Waals surface area contributed by atoms with Crippen molar-refractivity contribution >= 4 is 29.0 Å². The first-order valence-electron chi connectivity index (χ1n) is 13.6. The Morgan fingerprint density at radius 3 is 2.48 bits per heavy atom. The third-order valence-electron chi connectivity index (χ3n) is 7.17. The van der Waals surface area contributed by atoms with Crippen molar-refractivity contribution in [3.8, 4) is 11.5 Å². The van der Waals surface area contributed by atoms with Crippen LogP contribution in [-0.2, 0) is 22.6 Å². The molecule has 0 unspecified atom stereocenters. The van der Waals surface area contributed by atoms with Crippen molar-refractivity contribution in [2.24, 2.45) is 0 Å². The monoisotopic (exact) mass is 564 g/mol. The first-order chi connectivity index (χ1) is 19.4. The Hall–Kier alpha value is -3.60. The SMILES string of the molecule is Cc1ccc(NC(=O)N(CCN2CCOCC2)CC(=O)N(Cc2ccc3c(c2)OCO3)Cc2sccc2C)cc1. The van der Waals surface area contributed by atoms with Crippen molar-refractivity contribution in [3.05, 3.63) is 75.5 Å². The average molecular weight is 565 g/mol. The molecule has 3 heterocycles. The van der Waals surface area contributed by atoms with Crippen molar-refractivity contribution in [2.75, 3.05) is 58.0 Å². The Balaban J connectivity index is 1.33. The molecule has 0 atom stereocenters. The molecule has 2 aromatic carbocycles. The van der Waals surface area contributed by atoms with Gasteiger partial charge in [0, 0.05) is 43.3 Å². The number of aryl methyl sites for hydroxylation is 2. The van der Waals surface area contributed by atoms with Crippen LogP contribution in [0.5, 0.6) is 11.5 Å². The van der Waals surface area contributed by atoms with E-state index >= 15 is 0 Å². The predicted octanol–water partition coefficient (Wildman–Crippen LogP) is 4.49. The molecular formula is C30H36N4O5S. The molecule has 3 aromatic rings. The van der Waals surface area contributed by atoms with Gasteiger partial charge in [-0.15, -0.1) is 11.3 Å². The van der Waals surface area contributed by atoms with Gasteiger partial charge in [0.05, 0.1) is 19.8 Å². The number of nitrogens with one attached hydrogen (secondary N) is 1. The Morgan fingerprint density at radius 1 is 0.950 bits per heavy atom. The predicted molar refractivity (Wildman–Crippen MR) is 155 cm³/mol. The molecule has 3 amide bonds. The summed E-state index contributed by atoms with van der Waals surface area (Å²) >= 11 is 1.63. The standard InChI is InChI=1S/C30H36N4O5S/c1-22-3-6-25(7-4-22)31-30(36)33(11-10-32-12-14-37-15-13-32)20-29(35)34(19-28-23(2)9-16-40-28)18-24-5-8-26-27(17-24)39-21-38-26/h3-9,16-17H,10-15,18-21H2,1-2H3,(H,31,36). The second-order valence-electron chi connectivity index (χ2n) is 10.1. The zero-order valence-corrected chi connectivity index (χ0v) is 23.9. The molecule has 0 bridgehead atoms. The molecule has 2 aliphatic heterocycles. The molecular weight excluding hydrogens is 528 g/mol. The summed E-state index contributed by atoms with van der Waals surface area (Å²) in [6.07, 6.45) is 0. The number of hydrogen-bond acceptors (Lipinski definition) is 7. The lowest BCUT2D eigenvalue weighted by molar-refractivity contribution is -0.133. The molecule has 0 saturated carbocycles. The highest BCUT2D eigenvalue weighted by molar-refractivity contribution is 7.10. The number of benzene rings is 2. The highest BCUT2D eigenvalue weighted by Crippen LogP contribution is 2.33. The van der Waals surface area contributed by atoms with Crippen LogP contribution in [0.1, 0.15) is 21.6 Å². The van der Waals surface area contributed by atoms with Crippen LogP contribution < -0.4 is 14.8 Å². The molecule has 0 radical (unpaired) electrons. The number of urea groups is 1. The molecule has 40 heavy (non-hydrogen) atoms. The molecule has 1 saturated heterocycles. The van der Waals surface area contributed by atoms with Gasteiger partial charge >= 0.3 is 6.03 Å². The Bertz CT molecular complexity index is 1310. The van der Waals surface area contributed by atoms with Crippen LogP contribution in [0.2, 0.25) is 0 Å². The zero-order valence-electron chi connectivity index (χ0n) is 23.1. The molecule has 2 aliphatic rings. The van der Waals surface area contributed by atoms with Crippen LogP contribution in [-0.4, -0.2) is 79.4 Å². The molecule has 5 rings (SSSR count). The molecule has 1 fully saturated rings. The Morgan fingerprint density at radius 2 is 1.73 bits per heavy atom. The van der Waals surface area contributed by atoms with Crippen LogP contribution in [0.3, 0.4) is 0 Å². The third kappa shape index (κ3) is 7.32. The van der Waals surface area contributed by atoms with E-state index in [1.54, 1.807) is 16.2 Å². The second-order valence-corrected chi connectivity index (χ2v) is 11.1. The van der Waals surface area contributed by atoms with E-state index in [-0.39, 0.29) is 25.3 Å². The topological polar surface area (TPSA) is 83.6 Å². The zero-order chi connectivity index (χ0) is 27.9. The molecule has 212 valence electrons. The molecule has 1 aromatic heterocycles. The molecule has 9 nitrogen and oxygen atoms in total. The normalized spacial score (nSPS) is 14.7. The summed E-state index contributed by atoms with van der Waals surface area (Å²) in [4.78, 5) is 34.2. The summed E-state index contributed by atoms with van der Waals surface area (Å²) in [5, 5.41) is 5.02. The first-order valence-corrected chi connectivity index (χ1v) is 14.4. The van der Waals surface area contributed by atoms with Crippen LogP contribution >= 0.6 is 11.3 Å². The van der Waals surface area contributed by atoms with Crippen molar-refractivity contribution in [1.29, 1.82) is 0 Å². The average Bonchev–Trinajstić information content (AvgIpc) is 3.60. The fourth-order valence-corrected chi connectivity index (χ4v) is 5.59. The van der Waals surface area contributed by atoms with Gasteiger partial charge in [0.25, 0.3) is 0 Å². The highest BCUT2D eigenvalue weighted by atomic mass is 32.1. The van der Waals surface area contributed by atoms with Crippen molar-refractivity contribution in [2.45, 2.75) is 26.9 Å². The quantitative estimate of drug-likeness (QED) is 0.391. The number of nitrogens with zero attached hydrogens (tertiary/aromatic N) is 3. The lowest BCUT2D eigenvalue weighted by atomic mass is 10.1. The van der Waals surface area contributed by atoms with E-state index in [9.17, 15) is 9.59 Å². The Kier molecular flexibility index (Phi) is 9.20. The van der Waals surface area contributed by atoms with Gasteiger partial charge < -0.3 is 29.3 Å². The summed E-state index contributed by atoms with van der Waals surface area (Å²) in [5.41, 5.74) is 3.90. The van der Waals surface area contributed by atoms with E-state index in [4.69, 9.17) is 14.2 Å². The number of hydrogen-bond donors (Lipinski definition) is 1. The number of fused-ring (bicyclic) bond motifs is 1. The van der Waals surface area contributed by atoms with E-state index in [1.165, 1.54) is 0 Å². The third-order valence-corrected chi connectivity index (χ3v) is 8.18. The summed E-state index contributed by atoms with van der Waals surface area (Å²) < 4.78 is 16.5. The van der Waals surface area contributed by atoms with E-state index < -0.39 is 0 Å². The number of carbonyl (C=O) groups excluding carboxylic acids is 2. The minimum Gasteiger partial charge on any atom is -0.454 e. The minimum atomic E-state index is -0.291. The number of carbonyl (C=O) groups is 2. The van der Waals surface area contributed by atoms with Gasteiger partial charge in [-0.2, -0.15) is 0 Å². The maximum absolute atomic E-state index is 13.9. The van der Waals surface area contributed by atoms with Gasteiger partial charge in [-0.1, -0.05) is 23.8 Å². The summed E-state index contributed by atoms with van der Waals surface area (Å²) in [6.45, 7) is 9.17. The smallest absolute Gasteiger partial charge is 0.322 e. The Labute approximate surface area is 239 Å². The van der Waals surface area contributed by atoms with E-state index in [2.05, 4.69) is 23.2 Å². The summed E-state index contributed by atoms with van der Waals surface area (Å²) in [7, 11) is 0. The summed E-state index contributed by atoms with van der Waals surface area (Å²) in [6, 6.07) is 15.2. The lowest BCUT2D eigenvalue weighted by Crippen LogP contribution is -2.48. The van der Waals surface area contributed by atoms with E-state index in [0.717, 1.165) is 34.7 Å². The van der Waals surface area contributed by atoms with Gasteiger partial charge in [-0.25, -0.2) is 4.79 Å². The van der Waals surface area contributed by atoms with Gasteiger partial charge in [-0.3, -0.25) is 9.69 Å². The van der Waals surface area contributed by atoms with Crippen LogP contribution in [0.4, 0.5) is 10.5 Å². The van der Waals surface area contributed by atoms with Gasteiger partial charge in [-0.05, 0) is 60.7 Å². The van der Waals surface area contributed by atoms with E-state index in [1.807, 2.05) is 59.7 Å². The summed E-state index contributed by atoms with van der Waals surface area (Å²) in [5.74, 6) is 1.27. The molecule has 1 N–H and O–H groups in total. The number of rotatable bonds is 10. The van der Waals surface area contributed by atoms with Crippen LogP contribution in [0.25, 0.3) is 0 Å². The second kappa shape index (κ2) is 13.2. The highest BCUT2D eigenvalue weighted by Gasteiger charge is 2.25. The molecule has 10 heteroatoms. The molecule has 0 aliphatic carbocycles. The van der Waals surface area contributed by atoms with E-state index in [0.29, 0.717) is 56.6 Å². The number of morpholine rings is 1. The van der Waals surface area contributed by atoms with Gasteiger partial charge in [0.2, 0.25) is 12.7 Å². The van der Waals surface area contributed by atoms with Crippen molar-refractivity contribution < 1.29 is 23.8 Å². The lowest BCUT2D eigenvalue weighted by Gasteiger charge is -2.31. The number of amides is 3. The molecule has 0 spiro atoms. The van der Waals surface area contributed by atoms with Crippen molar-refractivity contribution in [1.82, 2.24) is 14.7 Å². The van der Waals surface area contributed by atoms with Crippen molar-refractivity contribution in [3.63, 3.8) is 0 Å². The number of anilines is 1. The fourth-order valence-electron chi connectivity index (χ4n) is 4.67. The number of thiophene rings is 1.